The van der Waals surface area contributed by atoms with Crippen molar-refractivity contribution < 1.29 is 0 Å². The molecule has 0 saturated carbocycles. The molecule has 0 fully saturated rings. The number of nitriles is 1. The standard InChI is InChI=1S/C11H12ClNS/c1-7(6-13)11-10(12)8-4-2-3-5-9(8)14-11/h7H,2-5H2,1H3. The van der Waals surface area contributed by atoms with Crippen LogP contribution in [0.2, 0.25) is 5.02 Å². The van der Waals surface area contributed by atoms with Gasteiger partial charge in [-0.3, -0.25) is 0 Å². The van der Waals surface area contributed by atoms with Crippen molar-refractivity contribution in [2.24, 2.45) is 0 Å². The van der Waals surface area contributed by atoms with E-state index in [4.69, 9.17) is 16.9 Å². The van der Waals surface area contributed by atoms with Crippen molar-refractivity contribution in [2.75, 3.05) is 0 Å². The second-order valence-electron chi connectivity index (χ2n) is 3.74. The summed E-state index contributed by atoms with van der Waals surface area (Å²) in [4.78, 5) is 2.49. The lowest BCUT2D eigenvalue weighted by atomic mass is 9.98. The predicted octanol–water partition coefficient (Wildman–Crippen LogP) is 3.91. The summed E-state index contributed by atoms with van der Waals surface area (Å²) in [5, 5.41) is 9.75. The second kappa shape index (κ2) is 3.92. The van der Waals surface area contributed by atoms with E-state index in [0.29, 0.717) is 0 Å². The van der Waals surface area contributed by atoms with E-state index in [9.17, 15) is 0 Å². The number of thiophene rings is 1. The van der Waals surface area contributed by atoms with Gasteiger partial charge in [-0.25, -0.2) is 0 Å². The van der Waals surface area contributed by atoms with Crippen LogP contribution in [0.1, 0.15) is 41.0 Å². The first-order valence-electron chi connectivity index (χ1n) is 4.93. The molecule has 1 atom stereocenters. The fourth-order valence-corrected chi connectivity index (χ4v) is 3.71. The van der Waals surface area contributed by atoms with Gasteiger partial charge in [0.25, 0.3) is 0 Å². The molecule has 3 heteroatoms. The van der Waals surface area contributed by atoms with E-state index in [1.165, 1.54) is 23.3 Å². The van der Waals surface area contributed by atoms with Crippen LogP contribution in [0.25, 0.3) is 0 Å². The molecule has 0 N–H and O–H groups in total. The summed E-state index contributed by atoms with van der Waals surface area (Å²) in [6, 6.07) is 2.26. The average Bonchev–Trinajstić information content (AvgIpc) is 2.56. The Morgan fingerprint density at radius 2 is 2.14 bits per heavy atom. The van der Waals surface area contributed by atoms with Gasteiger partial charge in [-0.05, 0) is 38.2 Å². The number of hydrogen-bond acceptors (Lipinski definition) is 2. The van der Waals surface area contributed by atoms with Crippen molar-refractivity contribution in [3.63, 3.8) is 0 Å². The Bertz CT molecular complexity index is 389. The Balaban J connectivity index is 2.44. The average molecular weight is 226 g/mol. The lowest BCUT2D eigenvalue weighted by Crippen LogP contribution is -1.97. The molecule has 1 nitrogen and oxygen atoms in total. The van der Waals surface area contributed by atoms with Crippen LogP contribution < -0.4 is 0 Å². The van der Waals surface area contributed by atoms with E-state index in [1.807, 2.05) is 6.92 Å². The van der Waals surface area contributed by atoms with Gasteiger partial charge in [-0.15, -0.1) is 11.3 Å². The molecule has 0 spiro atoms. The minimum absolute atomic E-state index is 0.0573. The molecule has 2 rings (SSSR count). The van der Waals surface area contributed by atoms with Crippen molar-refractivity contribution in [3.05, 3.63) is 20.3 Å². The van der Waals surface area contributed by atoms with E-state index >= 15 is 0 Å². The molecule has 1 aliphatic carbocycles. The number of halogens is 1. The number of nitrogens with zero attached hydrogens (tertiary/aromatic N) is 1. The molecule has 0 amide bonds. The third kappa shape index (κ3) is 1.55. The van der Waals surface area contributed by atoms with Gasteiger partial charge in [-0.1, -0.05) is 11.6 Å². The van der Waals surface area contributed by atoms with Crippen LogP contribution in [-0.4, -0.2) is 0 Å². The molecule has 0 aliphatic heterocycles. The summed E-state index contributed by atoms with van der Waals surface area (Å²) in [6.07, 6.45) is 4.76. The lowest BCUT2D eigenvalue weighted by Gasteiger charge is -2.09. The Labute approximate surface area is 93.3 Å². The van der Waals surface area contributed by atoms with Crippen molar-refractivity contribution in [3.8, 4) is 6.07 Å². The van der Waals surface area contributed by atoms with Crippen LogP contribution in [-0.2, 0) is 12.8 Å². The zero-order valence-corrected chi connectivity index (χ0v) is 9.71. The molecule has 1 aliphatic rings. The molecule has 74 valence electrons. The molecule has 1 aromatic rings. The zero-order chi connectivity index (χ0) is 10.1. The monoisotopic (exact) mass is 225 g/mol. The second-order valence-corrected chi connectivity index (χ2v) is 5.25. The highest BCUT2D eigenvalue weighted by molar-refractivity contribution is 7.13. The number of rotatable bonds is 1. The first kappa shape index (κ1) is 10.0. The Morgan fingerprint density at radius 3 is 2.79 bits per heavy atom. The molecular formula is C11H12ClNS. The van der Waals surface area contributed by atoms with Crippen LogP contribution in [0.15, 0.2) is 0 Å². The highest BCUT2D eigenvalue weighted by atomic mass is 35.5. The van der Waals surface area contributed by atoms with Crippen molar-refractivity contribution in [1.82, 2.24) is 0 Å². The number of hydrogen-bond donors (Lipinski definition) is 0. The molecule has 1 heterocycles. The molecule has 0 aromatic carbocycles. The number of fused-ring (bicyclic) bond motifs is 1. The van der Waals surface area contributed by atoms with E-state index in [-0.39, 0.29) is 5.92 Å². The van der Waals surface area contributed by atoms with E-state index < -0.39 is 0 Å². The van der Waals surface area contributed by atoms with Gasteiger partial charge in [0, 0.05) is 9.75 Å². The van der Waals surface area contributed by atoms with Gasteiger partial charge in [0.05, 0.1) is 17.0 Å². The van der Waals surface area contributed by atoms with Gasteiger partial charge in [0.2, 0.25) is 0 Å². The Hall–Kier alpha value is -0.520. The topological polar surface area (TPSA) is 23.8 Å². The van der Waals surface area contributed by atoms with E-state index in [1.54, 1.807) is 11.3 Å². The van der Waals surface area contributed by atoms with Gasteiger partial charge in [0.15, 0.2) is 0 Å². The van der Waals surface area contributed by atoms with Gasteiger partial charge in [0.1, 0.15) is 0 Å². The molecule has 0 bridgehead atoms. The smallest absolute Gasteiger partial charge is 0.0793 e. The Kier molecular flexibility index (Phi) is 2.80. The highest BCUT2D eigenvalue weighted by Gasteiger charge is 2.21. The van der Waals surface area contributed by atoms with Crippen LogP contribution in [0.5, 0.6) is 0 Å². The van der Waals surface area contributed by atoms with E-state index in [0.717, 1.165) is 22.7 Å². The van der Waals surface area contributed by atoms with Crippen molar-refractivity contribution >= 4 is 22.9 Å². The Morgan fingerprint density at radius 1 is 1.43 bits per heavy atom. The molecule has 0 saturated heterocycles. The maximum atomic E-state index is 8.87. The van der Waals surface area contributed by atoms with Gasteiger partial charge in [-0.2, -0.15) is 5.26 Å². The normalized spacial score (nSPS) is 17.2. The van der Waals surface area contributed by atoms with Crippen molar-refractivity contribution in [1.29, 1.82) is 5.26 Å². The van der Waals surface area contributed by atoms with Crippen LogP contribution in [0.3, 0.4) is 0 Å². The third-order valence-electron chi connectivity index (χ3n) is 2.72. The fraction of sp³-hybridized carbons (Fsp3) is 0.545. The predicted molar refractivity (Wildman–Crippen MR) is 60.0 cm³/mol. The molecule has 1 unspecified atom stereocenters. The minimum atomic E-state index is -0.0573. The van der Waals surface area contributed by atoms with Crippen LogP contribution >= 0.6 is 22.9 Å². The molecular weight excluding hydrogens is 214 g/mol. The fourth-order valence-electron chi connectivity index (χ4n) is 1.89. The zero-order valence-electron chi connectivity index (χ0n) is 8.14. The molecule has 0 radical (unpaired) electrons. The highest BCUT2D eigenvalue weighted by Crippen LogP contribution is 2.40. The summed E-state index contributed by atoms with van der Waals surface area (Å²) in [7, 11) is 0. The number of aryl methyl sites for hydroxylation is 1. The van der Waals surface area contributed by atoms with E-state index in [2.05, 4.69) is 6.07 Å². The minimum Gasteiger partial charge on any atom is -0.198 e. The lowest BCUT2D eigenvalue weighted by molar-refractivity contribution is 0.697. The summed E-state index contributed by atoms with van der Waals surface area (Å²) >= 11 is 8.02. The summed E-state index contributed by atoms with van der Waals surface area (Å²) < 4.78 is 0. The largest absolute Gasteiger partial charge is 0.198 e. The first-order chi connectivity index (χ1) is 6.74. The third-order valence-corrected chi connectivity index (χ3v) is 4.74. The maximum absolute atomic E-state index is 8.87. The van der Waals surface area contributed by atoms with Crippen molar-refractivity contribution in [2.45, 2.75) is 38.5 Å². The van der Waals surface area contributed by atoms with Crippen LogP contribution in [0, 0.1) is 11.3 Å². The van der Waals surface area contributed by atoms with Gasteiger partial charge >= 0.3 is 0 Å². The SMILES string of the molecule is CC(C#N)c1sc2c(c1Cl)CCCC2. The summed E-state index contributed by atoms with van der Waals surface area (Å²) in [5.41, 5.74) is 1.32. The summed E-state index contributed by atoms with van der Waals surface area (Å²) in [6.45, 7) is 1.92. The summed E-state index contributed by atoms with van der Waals surface area (Å²) in [5.74, 6) is -0.0573. The van der Waals surface area contributed by atoms with Crippen LogP contribution in [0.4, 0.5) is 0 Å². The molecule has 1 aromatic heterocycles. The maximum Gasteiger partial charge on any atom is 0.0793 e. The quantitative estimate of drug-likeness (QED) is 0.711. The molecule has 14 heavy (non-hydrogen) atoms. The first-order valence-corrected chi connectivity index (χ1v) is 6.13. The van der Waals surface area contributed by atoms with Gasteiger partial charge < -0.3 is 0 Å².